The molecule has 0 aromatic heterocycles. The molecule has 0 spiro atoms. The van der Waals surface area contributed by atoms with Crippen LogP contribution in [0.2, 0.25) is 0 Å². The molecule has 0 aromatic rings. The molecule has 7 nitrogen and oxygen atoms in total. The molecule has 3 aliphatic rings. The molecule has 3 heterocycles. The number of halogens is 2. The Hall–Kier alpha value is -1.68. The average Bonchev–Trinajstić information content (AvgIpc) is 3.08. The third-order valence-corrected chi connectivity index (χ3v) is 5.43. The maximum absolute atomic E-state index is 12.2. The number of aliphatic carboxylic acids is 1. The standard InChI is InChI=1S/C15H19F2N3O4S/c1-6(21)11-9-3-7(12(14(23)24)20(9)13(11)22)2-8-4-18-10(19-8)5-25-15(16)17/h6,8-9,11,15,21H,2-5H2,1H3,(H,18,19)(H,23,24)/t6-,8-,9-,11-/m1/s1. The molecule has 1 saturated heterocycles. The number of aliphatic hydroxyl groups is 1. The maximum Gasteiger partial charge on any atom is 0.352 e. The molecule has 4 atom stereocenters. The Labute approximate surface area is 147 Å². The monoisotopic (exact) mass is 375 g/mol. The van der Waals surface area contributed by atoms with Crippen molar-refractivity contribution in [1.82, 2.24) is 10.2 Å². The summed E-state index contributed by atoms with van der Waals surface area (Å²) in [5.41, 5.74) is 0.619. The van der Waals surface area contributed by atoms with E-state index in [0.717, 1.165) is 0 Å². The summed E-state index contributed by atoms with van der Waals surface area (Å²) < 4.78 is 24.5. The van der Waals surface area contributed by atoms with E-state index >= 15 is 0 Å². The van der Waals surface area contributed by atoms with Gasteiger partial charge in [0.05, 0.1) is 36.4 Å². The van der Waals surface area contributed by atoms with Crippen molar-refractivity contribution < 1.29 is 28.6 Å². The molecule has 0 radical (unpaired) electrons. The van der Waals surface area contributed by atoms with E-state index in [1.807, 2.05) is 0 Å². The summed E-state index contributed by atoms with van der Waals surface area (Å²) in [5, 5.41) is 22.2. The van der Waals surface area contributed by atoms with Gasteiger partial charge in [0.2, 0.25) is 5.91 Å². The third-order valence-electron chi connectivity index (χ3n) is 4.73. The fourth-order valence-corrected chi connectivity index (χ4v) is 4.19. The molecule has 3 N–H and O–H groups in total. The van der Waals surface area contributed by atoms with Crippen molar-refractivity contribution in [2.24, 2.45) is 10.9 Å². The number of aliphatic imine (C=N–C) groups is 1. The first-order valence-corrected chi connectivity index (χ1v) is 9.00. The van der Waals surface area contributed by atoms with Crippen LogP contribution in [-0.2, 0) is 9.59 Å². The van der Waals surface area contributed by atoms with Gasteiger partial charge in [0.15, 0.2) is 0 Å². The number of carboxylic acids is 1. The van der Waals surface area contributed by atoms with Crippen LogP contribution in [0.15, 0.2) is 16.3 Å². The average molecular weight is 375 g/mol. The van der Waals surface area contributed by atoms with Gasteiger partial charge in [-0.1, -0.05) is 11.8 Å². The van der Waals surface area contributed by atoms with Gasteiger partial charge in [0.1, 0.15) is 11.5 Å². The number of hydrogen-bond donors (Lipinski definition) is 3. The van der Waals surface area contributed by atoms with Crippen molar-refractivity contribution in [1.29, 1.82) is 0 Å². The Morgan fingerprint density at radius 3 is 2.84 bits per heavy atom. The molecule has 0 aliphatic carbocycles. The summed E-state index contributed by atoms with van der Waals surface area (Å²) in [6.07, 6.45) is -0.0442. The minimum Gasteiger partial charge on any atom is -0.477 e. The van der Waals surface area contributed by atoms with Crippen LogP contribution in [0.5, 0.6) is 0 Å². The SMILES string of the molecule is C[C@@H](O)[C@H]1C(=O)N2C(C(=O)O)=C(C[C@@H]3CN=C(CSC(F)F)N3)C[C@H]12. The summed E-state index contributed by atoms with van der Waals surface area (Å²) in [6.45, 7) is 1.91. The number of fused-ring (bicyclic) bond motifs is 1. The van der Waals surface area contributed by atoms with Gasteiger partial charge in [0.25, 0.3) is 5.76 Å². The quantitative estimate of drug-likeness (QED) is 0.565. The van der Waals surface area contributed by atoms with Crippen LogP contribution in [0, 0.1) is 5.92 Å². The first-order valence-electron chi connectivity index (χ1n) is 7.95. The summed E-state index contributed by atoms with van der Waals surface area (Å²) >= 11 is 0.480. The van der Waals surface area contributed by atoms with Crippen molar-refractivity contribution in [3.05, 3.63) is 11.3 Å². The van der Waals surface area contributed by atoms with Gasteiger partial charge >= 0.3 is 5.97 Å². The van der Waals surface area contributed by atoms with Gasteiger partial charge in [-0.05, 0) is 25.3 Å². The predicted molar refractivity (Wildman–Crippen MR) is 87.4 cm³/mol. The highest BCUT2D eigenvalue weighted by atomic mass is 32.2. The first-order chi connectivity index (χ1) is 11.8. The number of alkyl halides is 2. The lowest BCUT2D eigenvalue weighted by molar-refractivity contribution is -0.161. The van der Waals surface area contributed by atoms with E-state index in [4.69, 9.17) is 0 Å². The Kier molecular flexibility index (Phi) is 5.01. The fourth-order valence-electron chi connectivity index (χ4n) is 3.73. The Morgan fingerprint density at radius 2 is 2.24 bits per heavy atom. The molecule has 0 aromatic carbocycles. The van der Waals surface area contributed by atoms with E-state index in [1.54, 1.807) is 0 Å². The second kappa shape index (κ2) is 6.91. The van der Waals surface area contributed by atoms with Crippen LogP contribution in [0.25, 0.3) is 0 Å². The lowest BCUT2D eigenvalue weighted by Gasteiger charge is -2.44. The number of carbonyl (C=O) groups is 2. The van der Waals surface area contributed by atoms with Gasteiger partial charge in [0, 0.05) is 0 Å². The van der Waals surface area contributed by atoms with E-state index in [2.05, 4.69) is 10.3 Å². The van der Waals surface area contributed by atoms with Gasteiger partial charge in [-0.3, -0.25) is 9.79 Å². The van der Waals surface area contributed by atoms with E-state index in [-0.39, 0.29) is 29.4 Å². The highest BCUT2D eigenvalue weighted by Crippen LogP contribution is 2.44. The van der Waals surface area contributed by atoms with Gasteiger partial charge in [-0.25, -0.2) is 4.79 Å². The van der Waals surface area contributed by atoms with Crippen molar-refractivity contribution in [3.8, 4) is 0 Å². The minimum absolute atomic E-state index is 0.0101. The number of amidine groups is 1. The summed E-state index contributed by atoms with van der Waals surface area (Å²) in [5.74, 6) is -4.01. The molecule has 0 saturated carbocycles. The lowest BCUT2D eigenvalue weighted by atomic mass is 9.82. The number of nitrogens with one attached hydrogen (secondary N) is 1. The molecule has 0 bridgehead atoms. The molecule has 25 heavy (non-hydrogen) atoms. The van der Waals surface area contributed by atoms with E-state index < -0.39 is 23.7 Å². The smallest absolute Gasteiger partial charge is 0.352 e. The molecular weight excluding hydrogens is 356 g/mol. The molecule has 3 aliphatic heterocycles. The van der Waals surface area contributed by atoms with Crippen molar-refractivity contribution in [3.63, 3.8) is 0 Å². The van der Waals surface area contributed by atoms with E-state index in [0.29, 0.717) is 42.6 Å². The highest BCUT2D eigenvalue weighted by molar-refractivity contribution is 8.00. The highest BCUT2D eigenvalue weighted by Gasteiger charge is 2.56. The maximum atomic E-state index is 12.2. The summed E-state index contributed by atoms with van der Waals surface area (Å²) in [7, 11) is 0. The van der Waals surface area contributed by atoms with Gasteiger partial charge in [-0.2, -0.15) is 8.78 Å². The van der Waals surface area contributed by atoms with E-state index in [9.17, 15) is 28.6 Å². The topological polar surface area (TPSA) is 102 Å². The number of aliphatic hydroxyl groups excluding tert-OH is 1. The fraction of sp³-hybridized carbons (Fsp3) is 0.667. The summed E-state index contributed by atoms with van der Waals surface area (Å²) in [4.78, 5) is 29.2. The Bertz CT molecular complexity index is 653. The molecule has 10 heteroatoms. The van der Waals surface area contributed by atoms with Crippen LogP contribution >= 0.6 is 11.8 Å². The number of hydrogen-bond acceptors (Lipinski definition) is 6. The normalized spacial score (nSPS) is 29.5. The molecule has 3 rings (SSSR count). The number of amides is 1. The zero-order chi connectivity index (χ0) is 18.3. The number of thioether (sulfide) groups is 1. The van der Waals surface area contributed by atoms with E-state index in [1.165, 1.54) is 11.8 Å². The summed E-state index contributed by atoms with van der Waals surface area (Å²) in [6, 6.07) is -0.485. The number of carbonyl (C=O) groups excluding carboxylic acids is 1. The third kappa shape index (κ3) is 3.37. The van der Waals surface area contributed by atoms with Gasteiger partial charge < -0.3 is 20.4 Å². The Morgan fingerprint density at radius 1 is 1.52 bits per heavy atom. The largest absolute Gasteiger partial charge is 0.477 e. The van der Waals surface area contributed by atoms with Crippen molar-refractivity contribution in [2.45, 2.75) is 43.7 Å². The lowest BCUT2D eigenvalue weighted by Crippen LogP contribution is -2.61. The second-order valence-electron chi connectivity index (χ2n) is 6.41. The first kappa shape index (κ1) is 18.1. The molecule has 138 valence electrons. The molecule has 1 amide bonds. The van der Waals surface area contributed by atoms with Crippen LogP contribution in [0.1, 0.15) is 19.8 Å². The van der Waals surface area contributed by atoms with Gasteiger partial charge in [-0.15, -0.1) is 0 Å². The minimum atomic E-state index is -2.47. The zero-order valence-corrected chi connectivity index (χ0v) is 14.3. The van der Waals surface area contributed by atoms with Crippen molar-refractivity contribution in [2.75, 3.05) is 12.3 Å². The van der Waals surface area contributed by atoms with Crippen LogP contribution < -0.4 is 5.32 Å². The molecular formula is C15H19F2N3O4S. The zero-order valence-electron chi connectivity index (χ0n) is 13.5. The number of nitrogens with zero attached hydrogens (tertiary/aromatic N) is 2. The number of β-lactam (4-membered cyclic amide) rings is 1. The Balaban J connectivity index is 1.65. The van der Waals surface area contributed by atoms with Crippen LogP contribution in [0.4, 0.5) is 8.78 Å². The predicted octanol–water partition coefficient (Wildman–Crippen LogP) is 0.653. The second-order valence-corrected chi connectivity index (χ2v) is 7.39. The molecule has 1 fully saturated rings. The molecule has 0 unspecified atom stereocenters. The number of rotatable bonds is 7. The number of carboxylic acid groups (broad SMARTS) is 1. The van der Waals surface area contributed by atoms with Crippen LogP contribution in [-0.4, -0.2) is 69.1 Å². The van der Waals surface area contributed by atoms with Crippen molar-refractivity contribution >= 4 is 29.5 Å². The van der Waals surface area contributed by atoms with Crippen LogP contribution in [0.3, 0.4) is 0 Å².